The number of thiophene rings is 1. The lowest BCUT2D eigenvalue weighted by Crippen LogP contribution is -2.33. The van der Waals surface area contributed by atoms with E-state index < -0.39 is 0 Å². The van der Waals surface area contributed by atoms with Gasteiger partial charge in [-0.1, -0.05) is 25.0 Å². The van der Waals surface area contributed by atoms with E-state index in [0.717, 1.165) is 12.8 Å². The van der Waals surface area contributed by atoms with Gasteiger partial charge in [0.05, 0.1) is 16.8 Å². The number of hydrogen-bond acceptors (Lipinski definition) is 3. The van der Waals surface area contributed by atoms with Crippen molar-refractivity contribution in [3.8, 4) is 0 Å². The Hall–Kier alpha value is -2.14. The summed E-state index contributed by atoms with van der Waals surface area (Å²) >= 11 is 1.47. The van der Waals surface area contributed by atoms with Gasteiger partial charge in [0.2, 0.25) is 0 Å². The Morgan fingerprint density at radius 3 is 2.55 bits per heavy atom. The summed E-state index contributed by atoms with van der Waals surface area (Å²) in [6, 6.07) is 9.15. The van der Waals surface area contributed by atoms with Gasteiger partial charge in [0.15, 0.2) is 0 Å². The SMILES string of the molecule is O=C(Nc1ccccc1C(=O)NC1CCCC1)c1ccsc1. The van der Waals surface area contributed by atoms with E-state index in [2.05, 4.69) is 10.6 Å². The van der Waals surface area contributed by atoms with Gasteiger partial charge in [0.1, 0.15) is 0 Å². The highest BCUT2D eigenvalue weighted by atomic mass is 32.1. The van der Waals surface area contributed by atoms with Crippen molar-refractivity contribution in [1.29, 1.82) is 0 Å². The molecule has 0 radical (unpaired) electrons. The van der Waals surface area contributed by atoms with Gasteiger partial charge < -0.3 is 10.6 Å². The van der Waals surface area contributed by atoms with E-state index in [4.69, 9.17) is 0 Å². The molecule has 0 saturated heterocycles. The van der Waals surface area contributed by atoms with Gasteiger partial charge in [0, 0.05) is 11.4 Å². The number of anilines is 1. The highest BCUT2D eigenvalue weighted by Crippen LogP contribution is 2.21. The Bertz CT molecular complexity index is 661. The second-order valence-electron chi connectivity index (χ2n) is 5.47. The molecule has 1 aromatic heterocycles. The molecule has 1 saturated carbocycles. The second kappa shape index (κ2) is 6.75. The molecule has 114 valence electrons. The number of carbonyl (C=O) groups excluding carboxylic acids is 2. The van der Waals surface area contributed by atoms with Gasteiger partial charge in [-0.2, -0.15) is 11.3 Å². The van der Waals surface area contributed by atoms with Gasteiger partial charge >= 0.3 is 0 Å². The summed E-state index contributed by atoms with van der Waals surface area (Å²) < 4.78 is 0. The van der Waals surface area contributed by atoms with E-state index in [0.29, 0.717) is 16.8 Å². The summed E-state index contributed by atoms with van der Waals surface area (Å²) in [6.07, 6.45) is 4.41. The summed E-state index contributed by atoms with van der Waals surface area (Å²) in [7, 11) is 0. The summed E-state index contributed by atoms with van der Waals surface area (Å²) in [4.78, 5) is 24.6. The predicted octanol–water partition coefficient (Wildman–Crippen LogP) is 3.67. The maximum atomic E-state index is 12.4. The molecule has 22 heavy (non-hydrogen) atoms. The molecule has 2 N–H and O–H groups in total. The number of amides is 2. The van der Waals surface area contributed by atoms with Crippen molar-refractivity contribution in [3.05, 3.63) is 52.2 Å². The van der Waals surface area contributed by atoms with Gasteiger partial charge in [-0.15, -0.1) is 0 Å². The quantitative estimate of drug-likeness (QED) is 0.904. The zero-order valence-electron chi connectivity index (χ0n) is 12.2. The minimum absolute atomic E-state index is 0.117. The van der Waals surface area contributed by atoms with Crippen LogP contribution in [0.2, 0.25) is 0 Å². The zero-order valence-corrected chi connectivity index (χ0v) is 13.0. The van der Waals surface area contributed by atoms with E-state index in [9.17, 15) is 9.59 Å². The third kappa shape index (κ3) is 3.36. The summed E-state index contributed by atoms with van der Waals surface area (Å²) in [5.74, 6) is -0.310. The number of hydrogen-bond donors (Lipinski definition) is 2. The van der Waals surface area contributed by atoms with E-state index in [1.54, 1.807) is 23.6 Å². The molecule has 1 fully saturated rings. The van der Waals surface area contributed by atoms with Crippen LogP contribution in [0.4, 0.5) is 5.69 Å². The van der Waals surface area contributed by atoms with E-state index >= 15 is 0 Å². The second-order valence-corrected chi connectivity index (χ2v) is 6.25. The Kier molecular flexibility index (Phi) is 4.53. The fourth-order valence-electron chi connectivity index (χ4n) is 2.71. The molecule has 1 aliphatic carbocycles. The predicted molar refractivity (Wildman–Crippen MR) is 88.4 cm³/mol. The average molecular weight is 314 g/mol. The van der Waals surface area contributed by atoms with Crippen molar-refractivity contribution in [2.75, 3.05) is 5.32 Å². The van der Waals surface area contributed by atoms with Crippen LogP contribution in [0.3, 0.4) is 0 Å². The highest BCUT2D eigenvalue weighted by Gasteiger charge is 2.20. The van der Waals surface area contributed by atoms with Gasteiger partial charge in [0.25, 0.3) is 11.8 Å². The van der Waals surface area contributed by atoms with Crippen LogP contribution in [0.5, 0.6) is 0 Å². The number of carbonyl (C=O) groups is 2. The van der Waals surface area contributed by atoms with Crippen LogP contribution in [0.15, 0.2) is 41.1 Å². The van der Waals surface area contributed by atoms with Crippen molar-refractivity contribution >= 4 is 28.8 Å². The van der Waals surface area contributed by atoms with Crippen LogP contribution in [0.25, 0.3) is 0 Å². The van der Waals surface area contributed by atoms with Crippen LogP contribution in [-0.2, 0) is 0 Å². The number of para-hydroxylation sites is 1. The molecule has 2 aromatic rings. The lowest BCUT2D eigenvalue weighted by atomic mass is 10.1. The molecule has 4 nitrogen and oxygen atoms in total. The first-order valence-electron chi connectivity index (χ1n) is 7.47. The molecule has 0 bridgehead atoms. The molecule has 1 aromatic carbocycles. The van der Waals surface area contributed by atoms with Crippen LogP contribution in [0.1, 0.15) is 46.4 Å². The van der Waals surface area contributed by atoms with Crippen molar-refractivity contribution in [3.63, 3.8) is 0 Å². The normalized spacial score (nSPS) is 14.7. The van der Waals surface area contributed by atoms with Crippen molar-refractivity contribution in [1.82, 2.24) is 5.32 Å². The smallest absolute Gasteiger partial charge is 0.256 e. The Labute approximate surface area is 133 Å². The lowest BCUT2D eigenvalue weighted by Gasteiger charge is -2.14. The molecular formula is C17H18N2O2S. The van der Waals surface area contributed by atoms with Crippen LogP contribution in [-0.4, -0.2) is 17.9 Å². The molecule has 0 aliphatic heterocycles. The van der Waals surface area contributed by atoms with Crippen molar-refractivity contribution < 1.29 is 9.59 Å². The molecule has 0 spiro atoms. The molecular weight excluding hydrogens is 296 g/mol. The standard InChI is InChI=1S/C17H18N2O2S/c20-16(12-9-10-22-11-12)19-15-8-4-3-7-14(15)17(21)18-13-5-1-2-6-13/h3-4,7-11,13H,1-2,5-6H2,(H,18,21)(H,19,20). The van der Waals surface area contributed by atoms with Crippen LogP contribution < -0.4 is 10.6 Å². The van der Waals surface area contributed by atoms with Gasteiger partial charge in [-0.05, 0) is 36.4 Å². The molecule has 1 heterocycles. The minimum Gasteiger partial charge on any atom is -0.349 e. The summed E-state index contributed by atoms with van der Waals surface area (Å²) in [5, 5.41) is 9.52. The Morgan fingerprint density at radius 1 is 1.05 bits per heavy atom. The van der Waals surface area contributed by atoms with Crippen molar-refractivity contribution in [2.24, 2.45) is 0 Å². The molecule has 2 amide bonds. The summed E-state index contributed by atoms with van der Waals surface area (Å²) in [6.45, 7) is 0. The van der Waals surface area contributed by atoms with Gasteiger partial charge in [-0.3, -0.25) is 9.59 Å². The average Bonchev–Trinajstić information content (AvgIpc) is 3.21. The molecule has 0 atom stereocenters. The Balaban J connectivity index is 1.74. The lowest BCUT2D eigenvalue weighted by molar-refractivity contribution is 0.0939. The molecule has 1 aliphatic rings. The number of benzene rings is 1. The molecule has 0 unspecified atom stereocenters. The van der Waals surface area contributed by atoms with E-state index in [1.165, 1.54) is 24.2 Å². The third-order valence-electron chi connectivity index (χ3n) is 3.89. The monoisotopic (exact) mass is 314 g/mol. The van der Waals surface area contributed by atoms with Gasteiger partial charge in [-0.25, -0.2) is 0 Å². The Morgan fingerprint density at radius 2 is 1.82 bits per heavy atom. The fourth-order valence-corrected chi connectivity index (χ4v) is 3.35. The van der Waals surface area contributed by atoms with E-state index in [-0.39, 0.29) is 17.9 Å². The minimum atomic E-state index is -0.192. The summed E-state index contributed by atoms with van der Waals surface area (Å²) in [5.41, 5.74) is 1.67. The largest absolute Gasteiger partial charge is 0.349 e. The number of rotatable bonds is 4. The van der Waals surface area contributed by atoms with Crippen molar-refractivity contribution in [2.45, 2.75) is 31.7 Å². The maximum Gasteiger partial charge on any atom is 0.256 e. The van der Waals surface area contributed by atoms with Crippen LogP contribution in [0, 0.1) is 0 Å². The first-order chi connectivity index (χ1) is 10.7. The van der Waals surface area contributed by atoms with Crippen LogP contribution >= 0.6 is 11.3 Å². The highest BCUT2D eigenvalue weighted by molar-refractivity contribution is 7.08. The molecule has 5 heteroatoms. The zero-order chi connectivity index (χ0) is 15.4. The maximum absolute atomic E-state index is 12.4. The topological polar surface area (TPSA) is 58.2 Å². The third-order valence-corrected chi connectivity index (χ3v) is 4.58. The number of nitrogens with one attached hydrogen (secondary N) is 2. The molecule has 3 rings (SSSR count). The fraction of sp³-hybridized carbons (Fsp3) is 0.294. The first-order valence-corrected chi connectivity index (χ1v) is 8.42. The van der Waals surface area contributed by atoms with E-state index in [1.807, 2.05) is 17.5 Å². The first kappa shape index (κ1) is 14.8.